The molecule has 0 radical (unpaired) electrons. The van der Waals surface area contributed by atoms with Gasteiger partial charge in [-0.25, -0.2) is 0 Å². The molecular formula is C13H21ClFNO2S. The van der Waals surface area contributed by atoms with Gasteiger partial charge in [-0.1, -0.05) is 0 Å². The van der Waals surface area contributed by atoms with Crippen molar-refractivity contribution >= 4 is 24.2 Å². The fourth-order valence-electron chi connectivity index (χ4n) is 1.63. The molecule has 110 valence electrons. The van der Waals surface area contributed by atoms with E-state index >= 15 is 0 Å². The first kappa shape index (κ1) is 18.4. The van der Waals surface area contributed by atoms with Crippen molar-refractivity contribution in [2.24, 2.45) is 5.73 Å². The van der Waals surface area contributed by atoms with Gasteiger partial charge < -0.3 is 15.2 Å². The molecule has 0 amide bonds. The Hall–Kier alpha value is -0.650. The number of methoxy groups -OCH3 is 2. The van der Waals surface area contributed by atoms with Crippen molar-refractivity contribution in [3.63, 3.8) is 0 Å². The third-order valence-electron chi connectivity index (χ3n) is 2.52. The molecule has 0 aliphatic heterocycles. The fraction of sp³-hybridized carbons (Fsp3) is 0.538. The van der Waals surface area contributed by atoms with E-state index in [9.17, 15) is 4.39 Å². The van der Waals surface area contributed by atoms with Gasteiger partial charge in [0.15, 0.2) is 0 Å². The molecule has 0 saturated heterocycles. The van der Waals surface area contributed by atoms with E-state index in [0.29, 0.717) is 13.0 Å². The molecule has 0 heterocycles. The molecule has 0 aliphatic carbocycles. The first-order chi connectivity index (χ1) is 8.76. The number of rotatable bonds is 8. The van der Waals surface area contributed by atoms with Gasteiger partial charge in [0.1, 0.15) is 11.5 Å². The van der Waals surface area contributed by atoms with Crippen LogP contribution in [-0.2, 0) is 6.42 Å². The van der Waals surface area contributed by atoms with E-state index in [2.05, 4.69) is 0 Å². The maximum Gasteiger partial charge on any atom is 0.132 e. The van der Waals surface area contributed by atoms with Gasteiger partial charge in [-0.05, 0) is 37.1 Å². The predicted molar refractivity (Wildman–Crippen MR) is 80.9 cm³/mol. The highest BCUT2D eigenvalue weighted by atomic mass is 35.5. The first-order valence-corrected chi connectivity index (χ1v) is 6.89. The molecule has 19 heavy (non-hydrogen) atoms. The number of halogens is 2. The number of alkyl halides is 1. The van der Waals surface area contributed by atoms with Gasteiger partial charge in [-0.3, -0.25) is 4.39 Å². The van der Waals surface area contributed by atoms with Crippen molar-refractivity contribution in [3.8, 4) is 11.5 Å². The van der Waals surface area contributed by atoms with E-state index in [4.69, 9.17) is 15.2 Å². The number of benzene rings is 1. The van der Waals surface area contributed by atoms with E-state index in [0.717, 1.165) is 34.1 Å². The minimum Gasteiger partial charge on any atom is -0.496 e. The summed E-state index contributed by atoms with van der Waals surface area (Å²) < 4.78 is 22.8. The number of ether oxygens (including phenoxy) is 2. The predicted octanol–water partition coefficient (Wildman–Crippen LogP) is 3.08. The Morgan fingerprint density at radius 2 is 1.89 bits per heavy atom. The average molecular weight is 310 g/mol. The molecular weight excluding hydrogens is 289 g/mol. The second-order valence-electron chi connectivity index (χ2n) is 3.74. The van der Waals surface area contributed by atoms with Gasteiger partial charge in [-0.2, -0.15) is 0 Å². The van der Waals surface area contributed by atoms with Crippen LogP contribution in [0.4, 0.5) is 4.39 Å². The topological polar surface area (TPSA) is 44.5 Å². The van der Waals surface area contributed by atoms with Gasteiger partial charge >= 0.3 is 0 Å². The molecule has 1 aromatic carbocycles. The lowest BCUT2D eigenvalue weighted by Crippen LogP contribution is -2.05. The zero-order chi connectivity index (χ0) is 13.4. The standard InChI is InChI=1S/C13H20FNO2S.ClH/c1-16-11-9-13(18-7-3-5-14)12(17-2)8-10(11)4-6-15;/h8-9H,3-7,15H2,1-2H3;1H. The SMILES string of the molecule is COc1cc(SCCCF)c(OC)cc1CCN.Cl. The molecule has 6 heteroatoms. The molecule has 0 bridgehead atoms. The molecule has 0 spiro atoms. The number of nitrogens with two attached hydrogens (primary N) is 1. The fourth-order valence-corrected chi connectivity index (χ4v) is 2.58. The lowest BCUT2D eigenvalue weighted by Gasteiger charge is -2.14. The molecule has 0 fully saturated rings. The summed E-state index contributed by atoms with van der Waals surface area (Å²) in [4.78, 5) is 0.976. The largest absolute Gasteiger partial charge is 0.496 e. The minimum atomic E-state index is -0.294. The number of thioether (sulfide) groups is 1. The average Bonchev–Trinajstić information content (AvgIpc) is 2.40. The summed E-state index contributed by atoms with van der Waals surface area (Å²) in [6, 6.07) is 3.89. The minimum absolute atomic E-state index is 0. The second-order valence-corrected chi connectivity index (χ2v) is 4.88. The van der Waals surface area contributed by atoms with Crippen LogP contribution in [0.15, 0.2) is 17.0 Å². The smallest absolute Gasteiger partial charge is 0.132 e. The van der Waals surface area contributed by atoms with Crippen molar-refractivity contribution < 1.29 is 13.9 Å². The van der Waals surface area contributed by atoms with E-state index < -0.39 is 0 Å². The van der Waals surface area contributed by atoms with Crippen LogP contribution in [0.2, 0.25) is 0 Å². The number of hydrogen-bond acceptors (Lipinski definition) is 4. The van der Waals surface area contributed by atoms with Gasteiger partial charge in [0, 0.05) is 5.75 Å². The third-order valence-corrected chi connectivity index (χ3v) is 3.64. The van der Waals surface area contributed by atoms with Crippen LogP contribution < -0.4 is 15.2 Å². The zero-order valence-corrected chi connectivity index (χ0v) is 12.9. The third kappa shape index (κ3) is 5.47. The van der Waals surface area contributed by atoms with Gasteiger partial charge in [0.25, 0.3) is 0 Å². The molecule has 1 aromatic rings. The molecule has 0 unspecified atom stereocenters. The Balaban J connectivity index is 0.00000324. The van der Waals surface area contributed by atoms with Crippen LogP contribution in [0.3, 0.4) is 0 Å². The van der Waals surface area contributed by atoms with Crippen molar-refractivity contribution in [1.29, 1.82) is 0 Å². The molecule has 1 rings (SSSR count). The summed E-state index contributed by atoms with van der Waals surface area (Å²) in [6.45, 7) is 0.269. The maximum atomic E-state index is 12.1. The van der Waals surface area contributed by atoms with Gasteiger partial charge in [-0.15, -0.1) is 24.2 Å². The molecule has 0 saturated carbocycles. The summed E-state index contributed by atoms with van der Waals surface area (Å²) in [5, 5.41) is 0. The van der Waals surface area contributed by atoms with Crippen LogP contribution >= 0.6 is 24.2 Å². The van der Waals surface area contributed by atoms with Crippen LogP contribution in [0.5, 0.6) is 11.5 Å². The summed E-state index contributed by atoms with van der Waals surface area (Å²) in [5.74, 6) is 2.33. The van der Waals surface area contributed by atoms with Crippen LogP contribution in [0.25, 0.3) is 0 Å². The summed E-state index contributed by atoms with van der Waals surface area (Å²) >= 11 is 1.58. The van der Waals surface area contributed by atoms with Crippen molar-refractivity contribution in [2.45, 2.75) is 17.7 Å². The second kappa shape index (κ2) is 10.2. The first-order valence-electron chi connectivity index (χ1n) is 5.90. The summed E-state index contributed by atoms with van der Waals surface area (Å²) in [7, 11) is 3.27. The highest BCUT2D eigenvalue weighted by Gasteiger charge is 2.11. The lowest BCUT2D eigenvalue weighted by atomic mass is 10.1. The van der Waals surface area contributed by atoms with Crippen molar-refractivity contribution in [3.05, 3.63) is 17.7 Å². The van der Waals surface area contributed by atoms with E-state index in [1.54, 1.807) is 26.0 Å². The molecule has 0 aromatic heterocycles. The van der Waals surface area contributed by atoms with Gasteiger partial charge in [0.2, 0.25) is 0 Å². The quantitative estimate of drug-likeness (QED) is 0.592. The highest BCUT2D eigenvalue weighted by molar-refractivity contribution is 7.99. The van der Waals surface area contributed by atoms with Gasteiger partial charge in [0.05, 0.1) is 25.8 Å². The Morgan fingerprint density at radius 1 is 1.21 bits per heavy atom. The zero-order valence-electron chi connectivity index (χ0n) is 11.3. The van der Waals surface area contributed by atoms with Crippen molar-refractivity contribution in [1.82, 2.24) is 0 Å². The van der Waals surface area contributed by atoms with Crippen LogP contribution in [0.1, 0.15) is 12.0 Å². The lowest BCUT2D eigenvalue weighted by molar-refractivity contribution is 0.390. The molecule has 2 N–H and O–H groups in total. The van der Waals surface area contributed by atoms with Crippen LogP contribution in [-0.4, -0.2) is 33.2 Å². The maximum absolute atomic E-state index is 12.1. The normalized spacial score (nSPS) is 9.89. The van der Waals surface area contributed by atoms with E-state index in [-0.39, 0.29) is 19.1 Å². The summed E-state index contributed by atoms with van der Waals surface area (Å²) in [5.41, 5.74) is 6.60. The Bertz CT molecular complexity index is 380. The monoisotopic (exact) mass is 309 g/mol. The van der Waals surface area contributed by atoms with E-state index in [1.165, 1.54) is 0 Å². The molecule has 0 aliphatic rings. The molecule has 3 nitrogen and oxygen atoms in total. The Labute approximate surface area is 124 Å². The van der Waals surface area contributed by atoms with E-state index in [1.807, 2.05) is 12.1 Å². The molecule has 0 atom stereocenters. The number of hydrogen-bond donors (Lipinski definition) is 1. The van der Waals surface area contributed by atoms with Crippen LogP contribution in [0, 0.1) is 0 Å². The highest BCUT2D eigenvalue weighted by Crippen LogP contribution is 2.36. The Morgan fingerprint density at radius 3 is 2.42 bits per heavy atom. The Kier molecular flexibility index (Phi) is 9.83. The van der Waals surface area contributed by atoms with Crippen molar-refractivity contribution in [2.75, 3.05) is 33.2 Å². The summed E-state index contributed by atoms with van der Waals surface area (Å²) in [6.07, 6.45) is 1.29.